The predicted octanol–water partition coefficient (Wildman–Crippen LogP) is 1.15. The SMILES string of the molecule is O=C(N[C@H]1CCC[C@H]1C(=O)O)C1CC(=O)N(C2CCCC2)C1. The van der Waals surface area contributed by atoms with Gasteiger partial charge in [-0.25, -0.2) is 0 Å². The van der Waals surface area contributed by atoms with Crippen molar-refractivity contribution in [2.45, 2.75) is 63.5 Å². The molecule has 22 heavy (non-hydrogen) atoms. The second kappa shape index (κ2) is 6.26. The number of hydrogen-bond acceptors (Lipinski definition) is 3. The monoisotopic (exact) mass is 308 g/mol. The van der Waals surface area contributed by atoms with Crippen molar-refractivity contribution in [1.82, 2.24) is 10.2 Å². The molecule has 6 nitrogen and oxygen atoms in total. The van der Waals surface area contributed by atoms with Crippen molar-refractivity contribution >= 4 is 17.8 Å². The van der Waals surface area contributed by atoms with Gasteiger partial charge in [0.05, 0.1) is 11.8 Å². The van der Waals surface area contributed by atoms with Gasteiger partial charge in [0.25, 0.3) is 0 Å². The molecule has 6 heteroatoms. The highest BCUT2D eigenvalue weighted by atomic mass is 16.4. The maximum Gasteiger partial charge on any atom is 0.308 e. The number of hydrogen-bond donors (Lipinski definition) is 2. The van der Waals surface area contributed by atoms with E-state index in [2.05, 4.69) is 5.32 Å². The van der Waals surface area contributed by atoms with E-state index in [-0.39, 0.29) is 30.2 Å². The summed E-state index contributed by atoms with van der Waals surface area (Å²) >= 11 is 0. The maximum absolute atomic E-state index is 12.4. The van der Waals surface area contributed by atoms with Gasteiger partial charge in [0.15, 0.2) is 0 Å². The summed E-state index contributed by atoms with van der Waals surface area (Å²) in [5, 5.41) is 12.1. The fraction of sp³-hybridized carbons (Fsp3) is 0.812. The van der Waals surface area contributed by atoms with Crippen molar-refractivity contribution in [3.63, 3.8) is 0 Å². The number of likely N-dealkylation sites (tertiary alicyclic amines) is 1. The summed E-state index contributed by atoms with van der Waals surface area (Å²) in [6.07, 6.45) is 6.86. The number of aliphatic carboxylic acids is 1. The first kappa shape index (κ1) is 15.3. The van der Waals surface area contributed by atoms with Crippen LogP contribution in [0.1, 0.15) is 51.4 Å². The van der Waals surface area contributed by atoms with Gasteiger partial charge in [-0.3, -0.25) is 14.4 Å². The van der Waals surface area contributed by atoms with E-state index < -0.39 is 11.9 Å². The Kier molecular flexibility index (Phi) is 4.36. The molecule has 3 fully saturated rings. The number of nitrogens with one attached hydrogen (secondary N) is 1. The van der Waals surface area contributed by atoms with Gasteiger partial charge < -0.3 is 15.3 Å². The summed E-state index contributed by atoms with van der Waals surface area (Å²) in [6, 6.07) is 0.0316. The van der Waals surface area contributed by atoms with Crippen molar-refractivity contribution in [1.29, 1.82) is 0 Å². The fourth-order valence-electron chi connectivity index (χ4n) is 4.21. The molecule has 2 amide bonds. The first-order valence-electron chi connectivity index (χ1n) is 8.39. The standard InChI is InChI=1S/C16H24N2O4/c19-14-8-10(9-18(14)11-4-1-2-5-11)15(20)17-13-7-3-6-12(13)16(21)22/h10-13H,1-9H2,(H,17,20)(H,21,22)/t10?,12-,13+/m1/s1. The molecule has 0 aromatic carbocycles. The van der Waals surface area contributed by atoms with Crippen LogP contribution in [0.5, 0.6) is 0 Å². The number of carbonyl (C=O) groups excluding carboxylic acids is 2. The molecule has 1 aliphatic heterocycles. The molecular formula is C16H24N2O4. The Labute approximate surface area is 130 Å². The molecule has 2 aliphatic carbocycles. The highest BCUT2D eigenvalue weighted by molar-refractivity contribution is 5.89. The predicted molar refractivity (Wildman–Crippen MR) is 79.0 cm³/mol. The molecule has 122 valence electrons. The lowest BCUT2D eigenvalue weighted by molar-refractivity contribution is -0.142. The third kappa shape index (κ3) is 2.96. The van der Waals surface area contributed by atoms with Crippen molar-refractivity contribution in [3.8, 4) is 0 Å². The van der Waals surface area contributed by atoms with E-state index in [9.17, 15) is 19.5 Å². The van der Waals surface area contributed by atoms with Crippen LogP contribution in [0.2, 0.25) is 0 Å². The van der Waals surface area contributed by atoms with Crippen LogP contribution >= 0.6 is 0 Å². The van der Waals surface area contributed by atoms with Crippen LogP contribution in [0.4, 0.5) is 0 Å². The molecule has 3 rings (SSSR count). The number of carboxylic acids is 1. The van der Waals surface area contributed by atoms with Crippen LogP contribution in [0.3, 0.4) is 0 Å². The second-order valence-electron chi connectivity index (χ2n) is 6.88. The molecule has 1 saturated heterocycles. The molecule has 2 saturated carbocycles. The van der Waals surface area contributed by atoms with Crippen LogP contribution in [-0.2, 0) is 14.4 Å². The summed E-state index contributed by atoms with van der Waals surface area (Å²) < 4.78 is 0. The van der Waals surface area contributed by atoms with Gasteiger partial charge in [-0.15, -0.1) is 0 Å². The molecule has 0 bridgehead atoms. The van der Waals surface area contributed by atoms with Crippen LogP contribution in [0.15, 0.2) is 0 Å². The van der Waals surface area contributed by atoms with Crippen molar-refractivity contribution in [3.05, 3.63) is 0 Å². The lowest BCUT2D eigenvalue weighted by atomic mass is 10.0. The Hall–Kier alpha value is -1.59. The Morgan fingerprint density at radius 1 is 1.09 bits per heavy atom. The summed E-state index contributed by atoms with van der Waals surface area (Å²) in [5.74, 6) is -1.70. The molecule has 0 spiro atoms. The van der Waals surface area contributed by atoms with Gasteiger partial charge in [-0.2, -0.15) is 0 Å². The molecule has 1 heterocycles. The third-order valence-corrected chi connectivity index (χ3v) is 5.46. The largest absolute Gasteiger partial charge is 0.481 e. The maximum atomic E-state index is 12.4. The normalized spacial score (nSPS) is 32.6. The zero-order chi connectivity index (χ0) is 15.7. The summed E-state index contributed by atoms with van der Waals surface area (Å²) in [6.45, 7) is 0.500. The smallest absolute Gasteiger partial charge is 0.308 e. The van der Waals surface area contributed by atoms with Crippen molar-refractivity contribution < 1.29 is 19.5 Å². The zero-order valence-electron chi connectivity index (χ0n) is 12.8. The van der Waals surface area contributed by atoms with Gasteiger partial charge >= 0.3 is 5.97 Å². The Morgan fingerprint density at radius 3 is 2.50 bits per heavy atom. The second-order valence-corrected chi connectivity index (χ2v) is 6.88. The van der Waals surface area contributed by atoms with Crippen LogP contribution in [0.25, 0.3) is 0 Å². The molecule has 1 unspecified atom stereocenters. The van der Waals surface area contributed by atoms with E-state index in [1.165, 1.54) is 0 Å². The highest BCUT2D eigenvalue weighted by Gasteiger charge is 2.41. The molecule has 3 aliphatic rings. The van der Waals surface area contributed by atoms with Gasteiger partial charge in [0.2, 0.25) is 11.8 Å². The number of rotatable bonds is 4. The first-order valence-corrected chi connectivity index (χ1v) is 8.39. The van der Waals surface area contributed by atoms with Gasteiger partial charge in [-0.05, 0) is 25.7 Å². The number of nitrogens with zero attached hydrogens (tertiary/aromatic N) is 1. The average molecular weight is 308 g/mol. The minimum Gasteiger partial charge on any atom is -0.481 e. The molecule has 0 aromatic rings. The minimum atomic E-state index is -0.835. The Bertz CT molecular complexity index is 473. The van der Waals surface area contributed by atoms with Crippen LogP contribution in [0, 0.1) is 11.8 Å². The molecule has 2 N–H and O–H groups in total. The molecule has 0 aromatic heterocycles. The summed E-state index contributed by atoms with van der Waals surface area (Å²) in [7, 11) is 0. The minimum absolute atomic E-state index is 0.0771. The fourth-order valence-corrected chi connectivity index (χ4v) is 4.21. The topological polar surface area (TPSA) is 86.7 Å². The van der Waals surface area contributed by atoms with E-state index in [1.54, 1.807) is 0 Å². The number of carbonyl (C=O) groups is 3. The van der Waals surface area contributed by atoms with Crippen LogP contribution in [-0.4, -0.2) is 46.4 Å². The first-order chi connectivity index (χ1) is 10.6. The number of carboxylic acid groups (broad SMARTS) is 1. The average Bonchev–Trinajstić information content (AvgIpc) is 3.17. The van der Waals surface area contributed by atoms with E-state index in [1.807, 2.05) is 4.90 Å². The Balaban J connectivity index is 1.57. The van der Waals surface area contributed by atoms with E-state index in [0.29, 0.717) is 19.0 Å². The van der Waals surface area contributed by atoms with Crippen molar-refractivity contribution in [2.75, 3.05) is 6.54 Å². The Morgan fingerprint density at radius 2 is 1.82 bits per heavy atom. The third-order valence-electron chi connectivity index (χ3n) is 5.46. The van der Waals surface area contributed by atoms with Crippen molar-refractivity contribution in [2.24, 2.45) is 11.8 Å². The van der Waals surface area contributed by atoms with Crippen LogP contribution < -0.4 is 5.32 Å². The van der Waals surface area contributed by atoms with Gasteiger partial charge in [0.1, 0.15) is 0 Å². The summed E-state index contributed by atoms with van der Waals surface area (Å²) in [5.41, 5.74) is 0. The molecule has 0 radical (unpaired) electrons. The summed E-state index contributed by atoms with van der Waals surface area (Å²) in [4.78, 5) is 37.6. The molecule has 3 atom stereocenters. The lowest BCUT2D eigenvalue weighted by Gasteiger charge is -2.24. The highest BCUT2D eigenvalue weighted by Crippen LogP contribution is 2.30. The van der Waals surface area contributed by atoms with E-state index >= 15 is 0 Å². The quantitative estimate of drug-likeness (QED) is 0.815. The zero-order valence-corrected chi connectivity index (χ0v) is 12.8. The van der Waals surface area contributed by atoms with E-state index in [0.717, 1.165) is 38.5 Å². The van der Waals surface area contributed by atoms with E-state index in [4.69, 9.17) is 0 Å². The lowest BCUT2D eigenvalue weighted by Crippen LogP contribution is -2.44. The molecular weight excluding hydrogens is 284 g/mol. The van der Waals surface area contributed by atoms with Gasteiger partial charge in [0, 0.05) is 25.0 Å². The van der Waals surface area contributed by atoms with Gasteiger partial charge in [-0.1, -0.05) is 19.3 Å². The number of amides is 2.